The lowest BCUT2D eigenvalue weighted by Crippen LogP contribution is -2.42. The lowest BCUT2D eigenvalue weighted by atomic mass is 9.93. The van der Waals surface area contributed by atoms with Gasteiger partial charge < -0.3 is 5.32 Å². The van der Waals surface area contributed by atoms with Crippen LogP contribution in [0.2, 0.25) is 0 Å². The molecule has 0 spiro atoms. The van der Waals surface area contributed by atoms with E-state index in [9.17, 15) is 0 Å². The van der Waals surface area contributed by atoms with E-state index in [-0.39, 0.29) is 0 Å². The molecular weight excluding hydrogens is 142 g/mol. The third-order valence-corrected chi connectivity index (χ3v) is 3.77. The van der Waals surface area contributed by atoms with Gasteiger partial charge in [-0.3, -0.25) is 0 Å². The lowest BCUT2D eigenvalue weighted by molar-refractivity contribution is 0.316. The highest BCUT2D eigenvalue weighted by atomic mass is 32.2. The van der Waals surface area contributed by atoms with Gasteiger partial charge in [0.1, 0.15) is 0 Å². The number of thioether (sulfide) groups is 1. The fourth-order valence-corrected chi connectivity index (χ4v) is 3.07. The normalized spacial score (nSPS) is 40.8. The van der Waals surface area contributed by atoms with Gasteiger partial charge >= 0.3 is 0 Å². The Morgan fingerprint density at radius 3 is 3.00 bits per heavy atom. The molecule has 3 rings (SSSR count). The van der Waals surface area contributed by atoms with Gasteiger partial charge in [0.25, 0.3) is 0 Å². The monoisotopic (exact) mass is 157 g/mol. The Morgan fingerprint density at radius 1 is 1.20 bits per heavy atom. The SMILES string of the molecule is C1CC2CCC(CS1)NC2. The van der Waals surface area contributed by atoms with E-state index in [4.69, 9.17) is 0 Å². The van der Waals surface area contributed by atoms with Crippen LogP contribution in [0.1, 0.15) is 19.3 Å². The quantitative estimate of drug-likeness (QED) is 0.572. The van der Waals surface area contributed by atoms with Crippen molar-refractivity contribution >= 4 is 11.8 Å². The van der Waals surface area contributed by atoms with Gasteiger partial charge in [-0.15, -0.1) is 0 Å². The summed E-state index contributed by atoms with van der Waals surface area (Å²) >= 11 is 2.13. The first kappa shape index (κ1) is 6.99. The topological polar surface area (TPSA) is 12.0 Å². The Hall–Kier alpha value is 0.310. The Morgan fingerprint density at radius 2 is 2.20 bits per heavy atom. The fraction of sp³-hybridized carbons (Fsp3) is 1.00. The molecule has 58 valence electrons. The zero-order valence-electron chi connectivity index (χ0n) is 6.31. The van der Waals surface area contributed by atoms with Crippen LogP contribution in [0.15, 0.2) is 0 Å². The first-order chi connectivity index (χ1) is 4.95. The highest BCUT2D eigenvalue weighted by molar-refractivity contribution is 7.99. The molecule has 0 radical (unpaired) electrons. The smallest absolute Gasteiger partial charge is 0.0158 e. The standard InChI is InChI=1S/C8H15NS/c1-2-8-6-10-4-3-7(1)5-9-8/h7-9H,1-6H2. The van der Waals surface area contributed by atoms with Crippen LogP contribution >= 0.6 is 11.8 Å². The minimum absolute atomic E-state index is 0.849. The number of nitrogens with one attached hydrogen (secondary N) is 1. The van der Waals surface area contributed by atoms with Crippen molar-refractivity contribution in [2.75, 3.05) is 18.1 Å². The van der Waals surface area contributed by atoms with Crippen molar-refractivity contribution in [1.29, 1.82) is 0 Å². The van der Waals surface area contributed by atoms with Gasteiger partial charge in [-0.1, -0.05) is 0 Å². The first-order valence-corrected chi connectivity index (χ1v) is 5.42. The Balaban J connectivity index is 1.94. The van der Waals surface area contributed by atoms with E-state index in [2.05, 4.69) is 17.1 Å². The summed E-state index contributed by atoms with van der Waals surface area (Å²) < 4.78 is 0. The molecule has 10 heavy (non-hydrogen) atoms. The number of hydrogen-bond donors (Lipinski definition) is 1. The minimum Gasteiger partial charge on any atom is -0.313 e. The first-order valence-electron chi connectivity index (χ1n) is 4.26. The van der Waals surface area contributed by atoms with Crippen molar-refractivity contribution in [3.8, 4) is 0 Å². The van der Waals surface area contributed by atoms with Crippen molar-refractivity contribution < 1.29 is 0 Å². The second-order valence-corrected chi connectivity index (χ2v) is 4.56. The molecule has 1 nitrogen and oxygen atoms in total. The molecular formula is C8H15NS. The molecule has 3 heterocycles. The van der Waals surface area contributed by atoms with Crippen LogP contribution in [0.4, 0.5) is 0 Å². The van der Waals surface area contributed by atoms with E-state index in [0.29, 0.717) is 0 Å². The second kappa shape index (κ2) is 3.14. The van der Waals surface area contributed by atoms with E-state index >= 15 is 0 Å². The third kappa shape index (κ3) is 1.48. The molecule has 0 aliphatic carbocycles. The minimum atomic E-state index is 0.849. The second-order valence-electron chi connectivity index (χ2n) is 3.41. The number of piperidine rings is 1. The molecule has 2 bridgehead atoms. The van der Waals surface area contributed by atoms with Crippen LogP contribution in [0.25, 0.3) is 0 Å². The van der Waals surface area contributed by atoms with Gasteiger partial charge in [-0.05, 0) is 37.5 Å². The highest BCUT2D eigenvalue weighted by Gasteiger charge is 2.22. The number of hydrogen-bond acceptors (Lipinski definition) is 2. The van der Waals surface area contributed by atoms with Gasteiger partial charge in [-0.25, -0.2) is 0 Å². The van der Waals surface area contributed by atoms with Crippen LogP contribution in [0.5, 0.6) is 0 Å². The summed E-state index contributed by atoms with van der Waals surface area (Å²) in [6.07, 6.45) is 4.36. The molecule has 3 fully saturated rings. The van der Waals surface area contributed by atoms with Gasteiger partial charge in [0.15, 0.2) is 0 Å². The molecule has 3 aliphatic heterocycles. The maximum atomic E-state index is 3.60. The largest absolute Gasteiger partial charge is 0.313 e. The number of fused-ring (bicyclic) bond motifs is 5. The Labute approximate surface area is 67.0 Å². The molecule has 0 aromatic heterocycles. The molecule has 3 aliphatic rings. The van der Waals surface area contributed by atoms with E-state index in [1.807, 2.05) is 0 Å². The van der Waals surface area contributed by atoms with Crippen molar-refractivity contribution in [2.24, 2.45) is 5.92 Å². The lowest BCUT2D eigenvalue weighted by Gasteiger charge is -2.32. The summed E-state index contributed by atoms with van der Waals surface area (Å²) in [7, 11) is 0. The van der Waals surface area contributed by atoms with Gasteiger partial charge in [-0.2, -0.15) is 11.8 Å². The van der Waals surface area contributed by atoms with Crippen molar-refractivity contribution in [3.05, 3.63) is 0 Å². The zero-order chi connectivity index (χ0) is 6.81. The van der Waals surface area contributed by atoms with Gasteiger partial charge in [0.05, 0.1) is 0 Å². The van der Waals surface area contributed by atoms with E-state index in [0.717, 1.165) is 12.0 Å². The summed E-state index contributed by atoms with van der Waals surface area (Å²) in [4.78, 5) is 0. The maximum absolute atomic E-state index is 3.60. The Kier molecular flexibility index (Phi) is 2.19. The Bertz CT molecular complexity index is 88.3. The van der Waals surface area contributed by atoms with Crippen molar-refractivity contribution in [3.63, 3.8) is 0 Å². The van der Waals surface area contributed by atoms with E-state index in [1.165, 1.54) is 37.3 Å². The molecule has 0 aromatic carbocycles. The maximum Gasteiger partial charge on any atom is 0.0158 e. The van der Waals surface area contributed by atoms with Crippen LogP contribution in [-0.4, -0.2) is 24.1 Å². The molecule has 0 saturated carbocycles. The summed E-state index contributed by atoms with van der Waals surface area (Å²) in [6.45, 7) is 1.30. The fourth-order valence-electron chi connectivity index (χ4n) is 1.84. The molecule has 2 unspecified atom stereocenters. The molecule has 1 N–H and O–H groups in total. The van der Waals surface area contributed by atoms with Crippen molar-refractivity contribution in [2.45, 2.75) is 25.3 Å². The molecule has 2 heteroatoms. The van der Waals surface area contributed by atoms with Crippen LogP contribution < -0.4 is 5.32 Å². The average molecular weight is 157 g/mol. The third-order valence-electron chi connectivity index (χ3n) is 2.61. The summed E-state index contributed by atoms with van der Waals surface area (Å²) in [5.41, 5.74) is 0. The average Bonchev–Trinajstić information content (AvgIpc) is 1.89. The number of rotatable bonds is 0. The van der Waals surface area contributed by atoms with Gasteiger partial charge in [0.2, 0.25) is 0 Å². The van der Waals surface area contributed by atoms with Crippen LogP contribution in [0, 0.1) is 5.92 Å². The predicted molar refractivity (Wildman–Crippen MR) is 46.5 cm³/mol. The van der Waals surface area contributed by atoms with E-state index < -0.39 is 0 Å². The summed E-state index contributed by atoms with van der Waals surface area (Å²) in [6, 6.07) is 0.849. The predicted octanol–water partition coefficient (Wildman–Crippen LogP) is 1.49. The summed E-state index contributed by atoms with van der Waals surface area (Å²) in [5.74, 6) is 3.76. The molecule has 2 atom stereocenters. The van der Waals surface area contributed by atoms with Gasteiger partial charge in [0, 0.05) is 11.8 Å². The molecule has 3 saturated heterocycles. The zero-order valence-corrected chi connectivity index (χ0v) is 7.12. The van der Waals surface area contributed by atoms with Crippen LogP contribution in [0.3, 0.4) is 0 Å². The molecule has 0 aromatic rings. The van der Waals surface area contributed by atoms with Crippen LogP contribution in [-0.2, 0) is 0 Å². The summed E-state index contributed by atoms with van der Waals surface area (Å²) in [5, 5.41) is 3.60. The molecule has 0 amide bonds. The van der Waals surface area contributed by atoms with E-state index in [1.54, 1.807) is 0 Å². The van der Waals surface area contributed by atoms with Crippen molar-refractivity contribution in [1.82, 2.24) is 5.32 Å². The highest BCUT2D eigenvalue weighted by Crippen LogP contribution is 2.25.